The fraction of sp³-hybridized carbons (Fsp3) is 0.556. The molecular formula is C9H12N2OS. The van der Waals surface area contributed by atoms with Crippen LogP contribution in [0.1, 0.15) is 28.9 Å². The molecule has 1 aromatic heterocycles. The Bertz CT molecular complexity index is 280. The van der Waals surface area contributed by atoms with Crippen LogP contribution in [0.3, 0.4) is 0 Å². The third-order valence-electron chi connectivity index (χ3n) is 2.43. The van der Waals surface area contributed by atoms with Gasteiger partial charge in [0.15, 0.2) is 0 Å². The Morgan fingerprint density at radius 3 is 3.08 bits per heavy atom. The summed E-state index contributed by atoms with van der Waals surface area (Å²) in [6.45, 7) is 0.830. The Hall–Kier alpha value is -0.900. The number of thiazole rings is 1. The van der Waals surface area contributed by atoms with Crippen LogP contribution in [0.25, 0.3) is 0 Å². The number of carbonyl (C=O) groups excluding carboxylic acids is 1. The van der Waals surface area contributed by atoms with Crippen molar-refractivity contribution in [1.82, 2.24) is 10.3 Å². The number of nitrogens with zero attached hydrogens (tertiary/aromatic N) is 1. The van der Waals surface area contributed by atoms with Crippen molar-refractivity contribution >= 4 is 17.2 Å². The highest BCUT2D eigenvalue weighted by Gasteiger charge is 2.18. The number of carbonyl (C=O) groups is 1. The molecule has 1 saturated carbocycles. The van der Waals surface area contributed by atoms with Gasteiger partial charge in [0.2, 0.25) is 0 Å². The van der Waals surface area contributed by atoms with Crippen LogP contribution in [0.4, 0.5) is 0 Å². The van der Waals surface area contributed by atoms with Gasteiger partial charge in [-0.1, -0.05) is 6.42 Å². The molecule has 0 spiro atoms. The van der Waals surface area contributed by atoms with Crippen LogP contribution < -0.4 is 5.32 Å². The summed E-state index contributed by atoms with van der Waals surface area (Å²) in [6, 6.07) is 0. The van der Waals surface area contributed by atoms with Gasteiger partial charge in [0, 0.05) is 6.54 Å². The Morgan fingerprint density at radius 2 is 2.54 bits per heavy atom. The molecule has 0 bridgehead atoms. The van der Waals surface area contributed by atoms with E-state index in [4.69, 9.17) is 0 Å². The number of hydrogen-bond donors (Lipinski definition) is 1. The molecule has 4 heteroatoms. The molecule has 2 rings (SSSR count). The number of rotatable bonds is 3. The van der Waals surface area contributed by atoms with Gasteiger partial charge in [0.05, 0.1) is 11.7 Å². The lowest BCUT2D eigenvalue weighted by Crippen LogP contribution is -2.31. The molecule has 0 unspecified atom stereocenters. The number of nitrogens with one attached hydrogen (secondary N) is 1. The Morgan fingerprint density at radius 1 is 1.69 bits per heavy atom. The van der Waals surface area contributed by atoms with Gasteiger partial charge in [-0.3, -0.25) is 9.78 Å². The van der Waals surface area contributed by atoms with Crippen molar-refractivity contribution in [2.45, 2.75) is 19.3 Å². The van der Waals surface area contributed by atoms with Gasteiger partial charge in [-0.05, 0) is 18.8 Å². The normalized spacial score (nSPS) is 16.6. The zero-order valence-corrected chi connectivity index (χ0v) is 8.14. The summed E-state index contributed by atoms with van der Waals surface area (Å²) < 4.78 is 0. The zero-order valence-electron chi connectivity index (χ0n) is 7.32. The van der Waals surface area contributed by atoms with Crippen LogP contribution in [-0.4, -0.2) is 17.4 Å². The number of hydrogen-bond acceptors (Lipinski definition) is 3. The Balaban J connectivity index is 1.78. The lowest BCUT2D eigenvalue weighted by Gasteiger charge is -2.25. The van der Waals surface area contributed by atoms with E-state index in [1.807, 2.05) is 0 Å². The van der Waals surface area contributed by atoms with Crippen LogP contribution in [-0.2, 0) is 0 Å². The molecule has 0 aromatic carbocycles. The van der Waals surface area contributed by atoms with Gasteiger partial charge in [-0.25, -0.2) is 0 Å². The Labute approximate surface area is 81.2 Å². The maximum atomic E-state index is 11.4. The lowest BCUT2D eigenvalue weighted by atomic mass is 9.85. The maximum absolute atomic E-state index is 11.4. The molecule has 1 aliphatic carbocycles. The second-order valence-corrected chi connectivity index (χ2v) is 4.26. The van der Waals surface area contributed by atoms with Gasteiger partial charge in [0.1, 0.15) is 4.88 Å². The van der Waals surface area contributed by atoms with Crippen molar-refractivity contribution in [2.75, 3.05) is 6.54 Å². The molecule has 0 radical (unpaired) electrons. The van der Waals surface area contributed by atoms with Crippen LogP contribution in [0.2, 0.25) is 0 Å². The van der Waals surface area contributed by atoms with E-state index < -0.39 is 0 Å². The van der Waals surface area contributed by atoms with E-state index in [1.165, 1.54) is 30.6 Å². The van der Waals surface area contributed by atoms with E-state index in [2.05, 4.69) is 10.3 Å². The lowest BCUT2D eigenvalue weighted by molar-refractivity contribution is 0.0943. The van der Waals surface area contributed by atoms with Crippen molar-refractivity contribution in [3.05, 3.63) is 16.6 Å². The van der Waals surface area contributed by atoms with Gasteiger partial charge < -0.3 is 5.32 Å². The topological polar surface area (TPSA) is 42.0 Å². The molecule has 0 saturated heterocycles. The average molecular weight is 196 g/mol. The second-order valence-electron chi connectivity index (χ2n) is 3.37. The van der Waals surface area contributed by atoms with Crippen molar-refractivity contribution in [3.8, 4) is 0 Å². The van der Waals surface area contributed by atoms with Crippen LogP contribution >= 0.6 is 11.3 Å². The van der Waals surface area contributed by atoms with Crippen molar-refractivity contribution in [1.29, 1.82) is 0 Å². The van der Waals surface area contributed by atoms with Crippen LogP contribution in [0, 0.1) is 5.92 Å². The van der Waals surface area contributed by atoms with E-state index in [9.17, 15) is 4.79 Å². The Kier molecular flexibility index (Phi) is 2.59. The van der Waals surface area contributed by atoms with Crippen molar-refractivity contribution < 1.29 is 4.79 Å². The summed E-state index contributed by atoms with van der Waals surface area (Å²) in [5.74, 6) is 0.742. The number of aromatic nitrogens is 1. The average Bonchev–Trinajstić information content (AvgIpc) is 2.52. The monoisotopic (exact) mass is 196 g/mol. The van der Waals surface area contributed by atoms with E-state index in [-0.39, 0.29) is 5.91 Å². The molecule has 13 heavy (non-hydrogen) atoms. The van der Waals surface area contributed by atoms with E-state index in [1.54, 1.807) is 11.7 Å². The predicted octanol–water partition coefficient (Wildman–Crippen LogP) is 1.67. The first-order valence-corrected chi connectivity index (χ1v) is 5.41. The first kappa shape index (κ1) is 8.69. The summed E-state index contributed by atoms with van der Waals surface area (Å²) in [5.41, 5.74) is 1.68. The van der Waals surface area contributed by atoms with E-state index >= 15 is 0 Å². The first-order chi connectivity index (χ1) is 6.36. The quantitative estimate of drug-likeness (QED) is 0.799. The largest absolute Gasteiger partial charge is 0.351 e. The molecule has 0 atom stereocenters. The predicted molar refractivity (Wildman–Crippen MR) is 51.8 cm³/mol. The minimum Gasteiger partial charge on any atom is -0.351 e. The fourth-order valence-corrected chi connectivity index (χ4v) is 1.89. The van der Waals surface area contributed by atoms with Crippen molar-refractivity contribution in [3.63, 3.8) is 0 Å². The molecule has 1 amide bonds. The first-order valence-electron chi connectivity index (χ1n) is 4.53. The second kappa shape index (κ2) is 3.87. The number of amides is 1. The van der Waals surface area contributed by atoms with Gasteiger partial charge in [-0.2, -0.15) is 0 Å². The minimum absolute atomic E-state index is 0.0226. The van der Waals surface area contributed by atoms with Gasteiger partial charge in [-0.15, -0.1) is 11.3 Å². The molecule has 70 valence electrons. The summed E-state index contributed by atoms with van der Waals surface area (Å²) in [6.07, 6.45) is 5.47. The van der Waals surface area contributed by atoms with Crippen LogP contribution in [0.15, 0.2) is 11.7 Å². The SMILES string of the molecule is O=C(NCC1CCC1)c1cncs1. The maximum Gasteiger partial charge on any atom is 0.263 e. The third-order valence-corrected chi connectivity index (χ3v) is 3.20. The standard InChI is InChI=1S/C9H12N2OS/c12-9(8-5-10-6-13-8)11-4-7-2-1-3-7/h5-7H,1-4H2,(H,11,12). The molecule has 1 aromatic rings. The zero-order chi connectivity index (χ0) is 9.10. The van der Waals surface area contributed by atoms with E-state index in [0.717, 1.165) is 12.5 Å². The smallest absolute Gasteiger partial charge is 0.263 e. The summed E-state index contributed by atoms with van der Waals surface area (Å²) in [5, 5.41) is 2.92. The fourth-order valence-electron chi connectivity index (χ4n) is 1.35. The molecule has 1 heterocycles. The highest BCUT2D eigenvalue weighted by molar-refractivity contribution is 7.11. The highest BCUT2D eigenvalue weighted by Crippen LogP contribution is 2.25. The third kappa shape index (κ3) is 2.06. The minimum atomic E-state index is 0.0226. The molecule has 0 aliphatic heterocycles. The summed E-state index contributed by atoms with van der Waals surface area (Å²) >= 11 is 1.39. The molecular weight excluding hydrogens is 184 g/mol. The molecule has 1 aliphatic rings. The van der Waals surface area contributed by atoms with Gasteiger partial charge >= 0.3 is 0 Å². The molecule has 1 N–H and O–H groups in total. The van der Waals surface area contributed by atoms with Gasteiger partial charge in [0.25, 0.3) is 5.91 Å². The molecule has 3 nitrogen and oxygen atoms in total. The molecule has 1 fully saturated rings. The summed E-state index contributed by atoms with van der Waals surface area (Å²) in [4.78, 5) is 16.0. The van der Waals surface area contributed by atoms with E-state index in [0.29, 0.717) is 4.88 Å². The highest BCUT2D eigenvalue weighted by atomic mass is 32.1. The van der Waals surface area contributed by atoms with Crippen LogP contribution in [0.5, 0.6) is 0 Å². The summed E-state index contributed by atoms with van der Waals surface area (Å²) in [7, 11) is 0. The van der Waals surface area contributed by atoms with Crippen molar-refractivity contribution in [2.24, 2.45) is 5.92 Å².